The summed E-state index contributed by atoms with van der Waals surface area (Å²) in [7, 11) is 0. The molecular weight excluding hydrogens is 203 g/mol. The Morgan fingerprint density at radius 3 is 2.79 bits per heavy atom. The molecule has 0 spiro atoms. The van der Waals surface area contributed by atoms with Crippen LogP contribution >= 0.6 is 11.6 Å². The predicted octanol–water partition coefficient (Wildman–Crippen LogP) is 3.50. The molecule has 1 atom stereocenters. The first-order valence-corrected chi connectivity index (χ1v) is 4.94. The van der Waals surface area contributed by atoms with Crippen molar-refractivity contribution in [2.24, 2.45) is 0 Å². The zero-order valence-corrected chi connectivity index (χ0v) is 8.72. The highest BCUT2D eigenvalue weighted by Gasteiger charge is 2.09. The van der Waals surface area contributed by atoms with E-state index in [4.69, 9.17) is 11.6 Å². The molecule has 1 nitrogen and oxygen atoms in total. The molecule has 0 aliphatic carbocycles. The van der Waals surface area contributed by atoms with Gasteiger partial charge in [0, 0.05) is 5.02 Å². The van der Waals surface area contributed by atoms with Crippen molar-refractivity contribution in [2.75, 3.05) is 0 Å². The number of hydrogen-bond donors (Lipinski definition) is 0. The van der Waals surface area contributed by atoms with Crippen LogP contribution in [0.1, 0.15) is 30.6 Å². The molecule has 1 rings (SSSR count). The van der Waals surface area contributed by atoms with Crippen molar-refractivity contribution in [1.29, 1.82) is 0 Å². The molecule has 1 aromatic rings. The third-order valence-corrected chi connectivity index (χ3v) is 2.39. The molecule has 1 unspecified atom stereocenters. The molecule has 0 aliphatic rings. The molecule has 3 heteroatoms. The number of alkyl halides is 1. The summed E-state index contributed by atoms with van der Waals surface area (Å²) < 4.78 is 12.9. The SMILES string of the molecule is CCCc1ccc(C(F)C=O)cc1Cl. The smallest absolute Gasteiger partial charge is 0.180 e. The summed E-state index contributed by atoms with van der Waals surface area (Å²) in [6, 6.07) is 4.90. The Hall–Kier alpha value is -0.890. The van der Waals surface area contributed by atoms with Gasteiger partial charge in [0.25, 0.3) is 0 Å². The molecule has 0 aromatic heterocycles. The molecule has 14 heavy (non-hydrogen) atoms. The van der Waals surface area contributed by atoms with Gasteiger partial charge in [-0.25, -0.2) is 4.39 Å². The summed E-state index contributed by atoms with van der Waals surface area (Å²) in [5.74, 6) is 0. The van der Waals surface area contributed by atoms with Crippen LogP contribution in [0.15, 0.2) is 18.2 Å². The van der Waals surface area contributed by atoms with Gasteiger partial charge >= 0.3 is 0 Å². The molecule has 0 saturated heterocycles. The summed E-state index contributed by atoms with van der Waals surface area (Å²) in [6.07, 6.45) is 0.567. The van der Waals surface area contributed by atoms with Gasteiger partial charge in [-0.3, -0.25) is 4.79 Å². The number of rotatable bonds is 4. The van der Waals surface area contributed by atoms with Gasteiger partial charge in [-0.2, -0.15) is 0 Å². The Bertz CT molecular complexity index is 325. The summed E-state index contributed by atoms with van der Waals surface area (Å²) in [4.78, 5) is 10.2. The second-order valence-corrected chi connectivity index (χ2v) is 3.55. The van der Waals surface area contributed by atoms with E-state index in [1.165, 1.54) is 6.07 Å². The van der Waals surface area contributed by atoms with E-state index in [2.05, 4.69) is 0 Å². The number of halogens is 2. The van der Waals surface area contributed by atoms with Crippen LogP contribution in [-0.4, -0.2) is 6.29 Å². The summed E-state index contributed by atoms with van der Waals surface area (Å²) >= 11 is 5.93. The third-order valence-electron chi connectivity index (χ3n) is 2.03. The van der Waals surface area contributed by atoms with Gasteiger partial charge in [-0.15, -0.1) is 0 Å². The van der Waals surface area contributed by atoms with Crippen LogP contribution in [0, 0.1) is 0 Å². The summed E-state index contributed by atoms with van der Waals surface area (Å²) in [5, 5.41) is 0.536. The first-order chi connectivity index (χ1) is 6.69. The first kappa shape index (κ1) is 11.2. The number of hydrogen-bond acceptors (Lipinski definition) is 1. The molecule has 0 bridgehead atoms. The number of carbonyl (C=O) groups excluding carboxylic acids is 1. The predicted molar refractivity (Wildman–Crippen MR) is 55.4 cm³/mol. The van der Waals surface area contributed by atoms with E-state index in [9.17, 15) is 9.18 Å². The number of aryl methyl sites for hydroxylation is 1. The second-order valence-electron chi connectivity index (χ2n) is 3.14. The first-order valence-electron chi connectivity index (χ1n) is 4.56. The molecule has 0 heterocycles. The van der Waals surface area contributed by atoms with Gasteiger partial charge in [0.15, 0.2) is 12.5 Å². The van der Waals surface area contributed by atoms with E-state index in [0.717, 1.165) is 18.4 Å². The number of carbonyl (C=O) groups is 1. The van der Waals surface area contributed by atoms with Crippen molar-refractivity contribution in [3.63, 3.8) is 0 Å². The van der Waals surface area contributed by atoms with Crippen molar-refractivity contribution in [1.82, 2.24) is 0 Å². The standard InChI is InChI=1S/C11H12ClFO/c1-2-3-8-4-5-9(6-10(8)12)11(13)7-14/h4-7,11H,2-3H2,1H3. The van der Waals surface area contributed by atoms with E-state index in [0.29, 0.717) is 10.6 Å². The second kappa shape index (κ2) is 5.11. The minimum atomic E-state index is -1.57. The maximum atomic E-state index is 12.9. The van der Waals surface area contributed by atoms with Crippen LogP contribution in [-0.2, 0) is 11.2 Å². The highest BCUT2D eigenvalue weighted by molar-refractivity contribution is 6.31. The average Bonchev–Trinajstić information content (AvgIpc) is 2.20. The fourth-order valence-corrected chi connectivity index (χ4v) is 1.57. The molecule has 0 radical (unpaired) electrons. The van der Waals surface area contributed by atoms with Crippen LogP contribution in [0.2, 0.25) is 5.02 Å². The fraction of sp³-hybridized carbons (Fsp3) is 0.364. The lowest BCUT2D eigenvalue weighted by molar-refractivity contribution is -0.112. The highest BCUT2D eigenvalue weighted by Crippen LogP contribution is 2.23. The largest absolute Gasteiger partial charge is 0.300 e. The van der Waals surface area contributed by atoms with E-state index in [-0.39, 0.29) is 6.29 Å². The molecule has 0 amide bonds. The average molecular weight is 215 g/mol. The Labute approximate surface area is 87.9 Å². The van der Waals surface area contributed by atoms with E-state index >= 15 is 0 Å². The van der Waals surface area contributed by atoms with Crippen molar-refractivity contribution < 1.29 is 9.18 Å². The lowest BCUT2D eigenvalue weighted by atomic mass is 10.1. The van der Waals surface area contributed by atoms with Gasteiger partial charge < -0.3 is 0 Å². The van der Waals surface area contributed by atoms with Gasteiger partial charge in [0.2, 0.25) is 0 Å². The van der Waals surface area contributed by atoms with Crippen molar-refractivity contribution in [2.45, 2.75) is 25.9 Å². The minimum Gasteiger partial charge on any atom is -0.300 e. The topological polar surface area (TPSA) is 17.1 Å². The molecule has 0 aliphatic heterocycles. The molecular formula is C11H12ClFO. The van der Waals surface area contributed by atoms with Crippen molar-refractivity contribution >= 4 is 17.9 Å². The Balaban J connectivity index is 2.93. The quantitative estimate of drug-likeness (QED) is 0.702. The van der Waals surface area contributed by atoms with Crippen LogP contribution in [0.4, 0.5) is 4.39 Å². The monoisotopic (exact) mass is 214 g/mol. The molecule has 0 saturated carbocycles. The van der Waals surface area contributed by atoms with Crippen LogP contribution in [0.3, 0.4) is 0 Å². The van der Waals surface area contributed by atoms with E-state index in [1.54, 1.807) is 12.1 Å². The Morgan fingerprint density at radius 2 is 2.29 bits per heavy atom. The van der Waals surface area contributed by atoms with E-state index < -0.39 is 6.17 Å². The van der Waals surface area contributed by atoms with Crippen molar-refractivity contribution in [3.05, 3.63) is 34.3 Å². The van der Waals surface area contributed by atoms with Gasteiger partial charge in [-0.05, 0) is 23.6 Å². The molecule has 0 N–H and O–H groups in total. The lowest BCUT2D eigenvalue weighted by Crippen LogP contribution is -1.94. The van der Waals surface area contributed by atoms with Crippen LogP contribution in [0.25, 0.3) is 0 Å². The summed E-state index contributed by atoms with van der Waals surface area (Å²) in [6.45, 7) is 2.05. The highest BCUT2D eigenvalue weighted by atomic mass is 35.5. The van der Waals surface area contributed by atoms with Crippen LogP contribution in [0.5, 0.6) is 0 Å². The zero-order chi connectivity index (χ0) is 10.6. The van der Waals surface area contributed by atoms with Gasteiger partial charge in [0.1, 0.15) is 0 Å². The van der Waals surface area contributed by atoms with Gasteiger partial charge in [-0.1, -0.05) is 37.1 Å². The number of aldehydes is 1. The lowest BCUT2D eigenvalue weighted by Gasteiger charge is -2.06. The Morgan fingerprint density at radius 1 is 1.57 bits per heavy atom. The fourth-order valence-electron chi connectivity index (χ4n) is 1.29. The van der Waals surface area contributed by atoms with Crippen molar-refractivity contribution in [3.8, 4) is 0 Å². The molecule has 1 aromatic carbocycles. The maximum Gasteiger partial charge on any atom is 0.180 e. The molecule has 0 fully saturated rings. The normalized spacial score (nSPS) is 12.5. The molecule has 76 valence electrons. The van der Waals surface area contributed by atoms with Gasteiger partial charge in [0.05, 0.1) is 0 Å². The minimum absolute atomic E-state index is 0.269. The van der Waals surface area contributed by atoms with Crippen LogP contribution < -0.4 is 0 Å². The van der Waals surface area contributed by atoms with E-state index in [1.807, 2.05) is 6.92 Å². The number of benzene rings is 1. The third kappa shape index (κ3) is 2.55. The Kier molecular flexibility index (Phi) is 4.08. The maximum absolute atomic E-state index is 12.9. The zero-order valence-electron chi connectivity index (χ0n) is 7.97. The summed E-state index contributed by atoms with van der Waals surface area (Å²) in [5.41, 5.74) is 1.32.